The van der Waals surface area contributed by atoms with E-state index in [0.29, 0.717) is 18.1 Å². The van der Waals surface area contributed by atoms with Crippen LogP contribution in [0.1, 0.15) is 20.3 Å². The first kappa shape index (κ1) is 9.52. The molecule has 0 aromatic carbocycles. The number of rotatable bonds is 4. The number of hydrogen-bond acceptors (Lipinski definition) is 3. The summed E-state index contributed by atoms with van der Waals surface area (Å²) in [6.07, 6.45) is 0.650. The lowest BCUT2D eigenvalue weighted by molar-refractivity contribution is 0.227. The van der Waals surface area contributed by atoms with Gasteiger partial charge in [0, 0.05) is 6.42 Å². The molecule has 0 unspecified atom stereocenters. The van der Waals surface area contributed by atoms with Gasteiger partial charge >= 0.3 is 7.32 Å². The molecular weight excluding hydrogens is 131 g/mol. The molecule has 0 aliphatic carbocycles. The molecule has 58 valence electrons. The second-order valence-corrected chi connectivity index (χ2v) is 2.58. The maximum Gasteiger partial charge on any atom is 0.707 e. The van der Waals surface area contributed by atoms with Crippen LogP contribution in [0.2, 0.25) is 0 Å². The summed E-state index contributed by atoms with van der Waals surface area (Å²) in [5.41, 5.74) is 0. The van der Waals surface area contributed by atoms with Gasteiger partial charge in [-0.05, 0) is 5.92 Å². The van der Waals surface area contributed by atoms with E-state index in [1.807, 2.05) is 13.8 Å². The van der Waals surface area contributed by atoms with Crippen molar-refractivity contribution in [1.29, 1.82) is 0 Å². The highest BCUT2D eigenvalue weighted by Crippen LogP contribution is 2.09. The van der Waals surface area contributed by atoms with Gasteiger partial charge in [0.1, 0.15) is 0 Å². The van der Waals surface area contributed by atoms with Gasteiger partial charge in [-0.15, -0.1) is 0 Å². The molecule has 2 N–H and O–H groups in total. The Morgan fingerprint density at radius 1 is 1.60 bits per heavy atom. The van der Waals surface area contributed by atoms with E-state index < -0.39 is 7.32 Å². The van der Waals surface area contributed by atoms with Crippen molar-refractivity contribution in [2.24, 2.45) is 5.92 Å². The maximum absolute atomic E-state index is 8.31. The van der Waals surface area contributed by atoms with E-state index in [9.17, 15) is 0 Å². The third kappa shape index (κ3) is 5.66. The van der Waals surface area contributed by atoms with E-state index in [-0.39, 0.29) is 0 Å². The fraction of sp³-hybridized carbons (Fsp3) is 0.667. The van der Waals surface area contributed by atoms with E-state index >= 15 is 0 Å². The lowest BCUT2D eigenvalue weighted by atomic mass is 10.1. The Balaban J connectivity index is 3.44. The van der Waals surface area contributed by atoms with Crippen LogP contribution < -0.4 is 0 Å². The van der Waals surface area contributed by atoms with Crippen molar-refractivity contribution in [3.8, 4) is 0 Å². The normalized spacial score (nSPS) is 9.70. The van der Waals surface area contributed by atoms with Crippen molar-refractivity contribution in [3.05, 3.63) is 12.3 Å². The molecule has 0 fully saturated rings. The summed E-state index contributed by atoms with van der Waals surface area (Å²) < 4.78 is 4.48. The minimum absolute atomic E-state index is 0.407. The third-order valence-electron chi connectivity index (χ3n) is 0.908. The topological polar surface area (TPSA) is 49.7 Å². The van der Waals surface area contributed by atoms with Crippen LogP contribution in [0.3, 0.4) is 0 Å². The largest absolute Gasteiger partial charge is 0.707 e. The van der Waals surface area contributed by atoms with Crippen LogP contribution in [0.4, 0.5) is 0 Å². The molecule has 0 aromatic rings. The minimum atomic E-state index is -1.73. The Morgan fingerprint density at radius 2 is 2.10 bits per heavy atom. The van der Waals surface area contributed by atoms with E-state index in [0.717, 1.165) is 0 Å². The highest BCUT2D eigenvalue weighted by atomic mass is 16.6. The zero-order valence-electron chi connectivity index (χ0n) is 6.37. The number of hydrogen-bond donors (Lipinski definition) is 2. The fourth-order valence-electron chi connectivity index (χ4n) is 0.653. The molecule has 0 radical (unpaired) electrons. The summed E-state index contributed by atoms with van der Waals surface area (Å²) in [6, 6.07) is 0. The van der Waals surface area contributed by atoms with Crippen LogP contribution >= 0.6 is 0 Å². The van der Waals surface area contributed by atoms with Crippen LogP contribution in [0.25, 0.3) is 0 Å². The van der Waals surface area contributed by atoms with Crippen LogP contribution in [0.15, 0.2) is 12.3 Å². The fourth-order valence-corrected chi connectivity index (χ4v) is 0.653. The maximum atomic E-state index is 8.31. The molecule has 4 heteroatoms. The molecule has 10 heavy (non-hydrogen) atoms. The van der Waals surface area contributed by atoms with Crippen LogP contribution in [0, 0.1) is 5.92 Å². The van der Waals surface area contributed by atoms with Gasteiger partial charge in [0.15, 0.2) is 0 Å². The molecule has 0 amide bonds. The lowest BCUT2D eigenvalue weighted by Gasteiger charge is -2.09. The average Bonchev–Trinajstić information content (AvgIpc) is 1.58. The van der Waals surface area contributed by atoms with Crippen LogP contribution in [-0.4, -0.2) is 17.4 Å². The quantitative estimate of drug-likeness (QED) is 0.447. The Bertz CT molecular complexity index is 99.6. The van der Waals surface area contributed by atoms with Gasteiger partial charge in [0.25, 0.3) is 0 Å². The van der Waals surface area contributed by atoms with Crippen molar-refractivity contribution >= 4 is 7.32 Å². The zero-order valence-corrected chi connectivity index (χ0v) is 6.37. The summed E-state index contributed by atoms with van der Waals surface area (Å²) in [5.74, 6) is 0.830. The molecule has 0 rings (SSSR count). The van der Waals surface area contributed by atoms with Gasteiger partial charge in [-0.3, -0.25) is 0 Å². The summed E-state index contributed by atoms with van der Waals surface area (Å²) in [6.45, 7) is 7.49. The molecule has 0 bridgehead atoms. The zero-order chi connectivity index (χ0) is 8.15. The predicted molar refractivity (Wildman–Crippen MR) is 39.9 cm³/mol. The standard InChI is InChI=1S/C6H13BO3/c1-5(2)4-6(3)10-7(8)9/h5,8-9H,3-4H2,1-2H3. The van der Waals surface area contributed by atoms with Gasteiger partial charge in [-0.25, -0.2) is 0 Å². The van der Waals surface area contributed by atoms with Gasteiger partial charge in [-0.1, -0.05) is 20.4 Å². The Kier molecular flexibility index (Phi) is 4.15. The van der Waals surface area contributed by atoms with E-state index in [1.165, 1.54) is 0 Å². The first-order valence-electron chi connectivity index (χ1n) is 3.23. The van der Waals surface area contributed by atoms with Crippen LogP contribution in [-0.2, 0) is 4.65 Å². The highest BCUT2D eigenvalue weighted by molar-refractivity contribution is 6.33. The Morgan fingerprint density at radius 3 is 2.40 bits per heavy atom. The monoisotopic (exact) mass is 144 g/mol. The van der Waals surface area contributed by atoms with E-state index in [4.69, 9.17) is 10.0 Å². The molecule has 3 nitrogen and oxygen atoms in total. The summed E-state index contributed by atoms with van der Waals surface area (Å²) >= 11 is 0. The van der Waals surface area contributed by atoms with Crippen molar-refractivity contribution < 1.29 is 14.7 Å². The van der Waals surface area contributed by atoms with Crippen LogP contribution in [0.5, 0.6) is 0 Å². The molecule has 0 aliphatic rings. The molecule has 0 aliphatic heterocycles. The van der Waals surface area contributed by atoms with E-state index in [2.05, 4.69) is 11.2 Å². The second kappa shape index (κ2) is 4.36. The van der Waals surface area contributed by atoms with Crippen molar-refractivity contribution in [3.63, 3.8) is 0 Å². The lowest BCUT2D eigenvalue weighted by Crippen LogP contribution is -2.16. The minimum Gasteiger partial charge on any atom is -0.516 e. The summed E-state index contributed by atoms with van der Waals surface area (Å²) in [4.78, 5) is 0. The third-order valence-corrected chi connectivity index (χ3v) is 0.908. The Labute approximate surface area is 61.5 Å². The summed E-state index contributed by atoms with van der Waals surface area (Å²) in [5, 5.41) is 16.6. The molecule has 0 saturated carbocycles. The predicted octanol–water partition coefficient (Wildman–Crippen LogP) is 0.532. The first-order valence-corrected chi connectivity index (χ1v) is 3.23. The van der Waals surface area contributed by atoms with Crippen molar-refractivity contribution in [2.45, 2.75) is 20.3 Å². The Hall–Kier alpha value is -0.475. The average molecular weight is 144 g/mol. The highest BCUT2D eigenvalue weighted by Gasteiger charge is 2.11. The smallest absolute Gasteiger partial charge is 0.516 e. The van der Waals surface area contributed by atoms with Gasteiger partial charge in [0.2, 0.25) is 0 Å². The molecule has 0 spiro atoms. The second-order valence-electron chi connectivity index (χ2n) is 2.58. The summed E-state index contributed by atoms with van der Waals surface area (Å²) in [7, 11) is -1.73. The SMILES string of the molecule is C=C(CC(C)C)OB(O)O. The molecule has 0 atom stereocenters. The van der Waals surface area contributed by atoms with Crippen molar-refractivity contribution in [2.75, 3.05) is 0 Å². The van der Waals surface area contributed by atoms with Crippen molar-refractivity contribution in [1.82, 2.24) is 0 Å². The molecule has 0 heterocycles. The molecular formula is C6H13BO3. The molecule has 0 aromatic heterocycles. The van der Waals surface area contributed by atoms with E-state index in [1.54, 1.807) is 0 Å². The molecule has 0 saturated heterocycles. The van der Waals surface area contributed by atoms with Gasteiger partial charge in [-0.2, -0.15) is 0 Å². The first-order chi connectivity index (χ1) is 4.52. The van der Waals surface area contributed by atoms with Gasteiger partial charge in [0.05, 0.1) is 5.76 Å². The van der Waals surface area contributed by atoms with Gasteiger partial charge < -0.3 is 14.7 Å². The number of allylic oxidation sites excluding steroid dienone is 1.